The van der Waals surface area contributed by atoms with E-state index in [0.29, 0.717) is 36.1 Å². The van der Waals surface area contributed by atoms with Crippen LogP contribution in [0.4, 0.5) is 22.2 Å². The normalized spacial score (nSPS) is 15.9. The van der Waals surface area contributed by atoms with Crippen LogP contribution in [0.5, 0.6) is 5.75 Å². The Kier molecular flexibility index (Phi) is 8.18. The molecule has 43 heavy (non-hydrogen) atoms. The van der Waals surface area contributed by atoms with E-state index in [9.17, 15) is 9.90 Å². The fourth-order valence-corrected chi connectivity index (χ4v) is 5.59. The molecule has 4 N–H and O–H groups in total. The van der Waals surface area contributed by atoms with Gasteiger partial charge in [-0.05, 0) is 29.3 Å². The highest BCUT2D eigenvalue weighted by atomic mass is 16.3. The third kappa shape index (κ3) is 6.28. The van der Waals surface area contributed by atoms with Gasteiger partial charge in [0.05, 0.1) is 11.4 Å². The Morgan fingerprint density at radius 3 is 2.19 bits per heavy atom. The topological polar surface area (TPSA) is 140 Å². The molecule has 0 spiro atoms. The number of hydrogen-bond acceptors (Lipinski definition) is 10. The van der Waals surface area contributed by atoms with E-state index in [1.165, 1.54) is 5.56 Å². The highest BCUT2D eigenvalue weighted by Crippen LogP contribution is 2.33. The number of nitrogens with two attached hydrogens (primary N) is 1. The van der Waals surface area contributed by atoms with Crippen LogP contribution in [0.3, 0.4) is 0 Å². The van der Waals surface area contributed by atoms with E-state index in [2.05, 4.69) is 54.5 Å². The summed E-state index contributed by atoms with van der Waals surface area (Å²) in [5, 5.41) is 22.2. The average Bonchev–Trinajstić information content (AvgIpc) is 3.05. The van der Waals surface area contributed by atoms with Crippen molar-refractivity contribution in [3.63, 3.8) is 0 Å². The number of urea groups is 1. The standard InChI is InChI=1S/C31H36N10O2/c1-33-29-27(18-26(36-37-29)25-4-2-3-5-28(25)42)39-14-16-41(17-15-39)31-34-19-24(20-35-31)23-8-6-22(7-9-23)21-38-10-12-40(13-11-38)30(32)43/h2-9,18-20,42H,10-17,21H2,1H3,(H2,32,43)(H,33,37). The van der Waals surface area contributed by atoms with Crippen molar-refractivity contribution in [2.75, 3.05) is 74.5 Å². The number of rotatable bonds is 7. The molecule has 2 aliphatic rings. The number of aromatic hydroxyl groups is 1. The molecule has 6 rings (SSSR count). The molecule has 2 aliphatic heterocycles. The predicted molar refractivity (Wildman–Crippen MR) is 167 cm³/mol. The van der Waals surface area contributed by atoms with Crippen LogP contribution in [0.25, 0.3) is 22.4 Å². The molecule has 0 saturated carbocycles. The maximum atomic E-state index is 11.4. The van der Waals surface area contributed by atoms with E-state index >= 15 is 0 Å². The van der Waals surface area contributed by atoms with E-state index in [1.807, 2.05) is 37.6 Å². The van der Waals surface area contributed by atoms with Crippen molar-refractivity contribution >= 4 is 23.5 Å². The Bertz CT molecular complexity index is 1550. The van der Waals surface area contributed by atoms with Crippen LogP contribution in [0.2, 0.25) is 0 Å². The number of anilines is 3. The van der Waals surface area contributed by atoms with Crippen molar-refractivity contribution in [2.45, 2.75) is 6.54 Å². The molecule has 4 heterocycles. The summed E-state index contributed by atoms with van der Waals surface area (Å²) in [6.45, 7) is 6.89. The zero-order valence-electron chi connectivity index (χ0n) is 24.2. The summed E-state index contributed by atoms with van der Waals surface area (Å²) in [5.41, 5.74) is 10.9. The first-order chi connectivity index (χ1) is 21.0. The van der Waals surface area contributed by atoms with E-state index in [1.54, 1.807) is 17.0 Å². The lowest BCUT2D eigenvalue weighted by molar-refractivity contribution is 0.140. The van der Waals surface area contributed by atoms with Gasteiger partial charge in [0.25, 0.3) is 0 Å². The summed E-state index contributed by atoms with van der Waals surface area (Å²) in [5.74, 6) is 1.59. The lowest BCUT2D eigenvalue weighted by atomic mass is 10.1. The van der Waals surface area contributed by atoms with Gasteiger partial charge < -0.3 is 30.9 Å². The van der Waals surface area contributed by atoms with E-state index in [-0.39, 0.29) is 11.8 Å². The molecule has 222 valence electrons. The Balaban J connectivity index is 1.06. The Labute approximate surface area is 250 Å². The monoisotopic (exact) mass is 580 g/mol. The number of para-hydroxylation sites is 1. The van der Waals surface area contributed by atoms with Crippen LogP contribution >= 0.6 is 0 Å². The summed E-state index contributed by atoms with van der Waals surface area (Å²) < 4.78 is 0. The predicted octanol–water partition coefficient (Wildman–Crippen LogP) is 2.87. The average molecular weight is 581 g/mol. The summed E-state index contributed by atoms with van der Waals surface area (Å²) in [6.07, 6.45) is 3.77. The minimum atomic E-state index is -0.342. The lowest BCUT2D eigenvalue weighted by Gasteiger charge is -2.36. The number of nitrogens with zero attached hydrogens (tertiary/aromatic N) is 8. The molecule has 2 fully saturated rings. The Hall–Kier alpha value is -4.97. The second-order valence-electron chi connectivity index (χ2n) is 10.8. The third-order valence-electron chi connectivity index (χ3n) is 8.11. The van der Waals surface area contributed by atoms with Gasteiger partial charge in [0, 0.05) is 89.5 Å². The molecule has 12 heteroatoms. The number of carbonyl (C=O) groups is 1. The number of nitrogens with one attached hydrogen (secondary N) is 1. The quantitative estimate of drug-likeness (QED) is 0.299. The summed E-state index contributed by atoms with van der Waals surface area (Å²) in [6, 6.07) is 17.3. The van der Waals surface area contributed by atoms with Crippen LogP contribution < -0.4 is 20.9 Å². The van der Waals surface area contributed by atoms with Gasteiger partial charge in [0.2, 0.25) is 5.95 Å². The van der Waals surface area contributed by atoms with Gasteiger partial charge in [0.15, 0.2) is 5.82 Å². The zero-order chi connectivity index (χ0) is 29.8. The van der Waals surface area contributed by atoms with Crippen molar-refractivity contribution in [3.8, 4) is 28.1 Å². The molecule has 0 atom stereocenters. The first kappa shape index (κ1) is 28.2. The first-order valence-electron chi connectivity index (χ1n) is 14.5. The van der Waals surface area contributed by atoms with Gasteiger partial charge in [-0.25, -0.2) is 14.8 Å². The Morgan fingerprint density at radius 2 is 1.53 bits per heavy atom. The van der Waals surface area contributed by atoms with Crippen LogP contribution in [0.15, 0.2) is 67.0 Å². The van der Waals surface area contributed by atoms with Gasteiger partial charge in [-0.1, -0.05) is 36.4 Å². The van der Waals surface area contributed by atoms with Gasteiger partial charge in [-0.15, -0.1) is 10.2 Å². The van der Waals surface area contributed by atoms with Crippen molar-refractivity contribution < 1.29 is 9.90 Å². The molecule has 0 radical (unpaired) electrons. The molecule has 0 unspecified atom stereocenters. The van der Waals surface area contributed by atoms with Crippen molar-refractivity contribution in [1.29, 1.82) is 0 Å². The molecule has 2 saturated heterocycles. The smallest absolute Gasteiger partial charge is 0.314 e. The minimum Gasteiger partial charge on any atom is -0.507 e. The Morgan fingerprint density at radius 1 is 0.860 bits per heavy atom. The van der Waals surface area contributed by atoms with Crippen LogP contribution in [0.1, 0.15) is 5.56 Å². The highest BCUT2D eigenvalue weighted by molar-refractivity contribution is 5.75. The summed E-state index contributed by atoms with van der Waals surface area (Å²) >= 11 is 0. The number of hydrogen-bond donors (Lipinski definition) is 3. The van der Waals surface area contributed by atoms with Crippen molar-refractivity contribution in [2.24, 2.45) is 5.73 Å². The van der Waals surface area contributed by atoms with Gasteiger partial charge >= 0.3 is 6.03 Å². The molecule has 2 amide bonds. The summed E-state index contributed by atoms with van der Waals surface area (Å²) in [7, 11) is 1.83. The van der Waals surface area contributed by atoms with Gasteiger partial charge in [-0.2, -0.15) is 0 Å². The fraction of sp³-hybridized carbons (Fsp3) is 0.323. The lowest BCUT2D eigenvalue weighted by Crippen LogP contribution is -2.50. The van der Waals surface area contributed by atoms with E-state index in [4.69, 9.17) is 15.7 Å². The molecular formula is C31H36N10O2. The van der Waals surface area contributed by atoms with Crippen LogP contribution in [-0.4, -0.2) is 101 Å². The SMILES string of the molecule is CNc1nnc(-c2ccccc2O)cc1N1CCN(c2ncc(-c3ccc(CN4CCN(C(N)=O)CC4)cc3)cn2)CC1. The number of piperazine rings is 2. The first-order valence-corrected chi connectivity index (χ1v) is 14.5. The number of amides is 2. The fourth-order valence-electron chi connectivity index (χ4n) is 5.59. The molecule has 12 nitrogen and oxygen atoms in total. The zero-order valence-corrected chi connectivity index (χ0v) is 24.2. The highest BCUT2D eigenvalue weighted by Gasteiger charge is 2.23. The largest absolute Gasteiger partial charge is 0.507 e. The summed E-state index contributed by atoms with van der Waals surface area (Å²) in [4.78, 5) is 29.2. The second kappa shape index (κ2) is 12.5. The molecule has 2 aromatic carbocycles. The number of benzene rings is 2. The second-order valence-corrected chi connectivity index (χ2v) is 10.8. The van der Waals surface area contributed by atoms with E-state index in [0.717, 1.165) is 62.6 Å². The molecule has 4 aromatic rings. The van der Waals surface area contributed by atoms with Gasteiger partial charge in [0.1, 0.15) is 5.75 Å². The van der Waals surface area contributed by atoms with Crippen LogP contribution in [0, 0.1) is 0 Å². The number of phenolic OH excluding ortho intramolecular Hbond substituents is 1. The number of aromatic nitrogens is 4. The molecule has 0 bridgehead atoms. The molecular weight excluding hydrogens is 544 g/mol. The third-order valence-corrected chi connectivity index (χ3v) is 8.11. The van der Waals surface area contributed by atoms with E-state index < -0.39 is 0 Å². The number of phenols is 1. The molecule has 2 aromatic heterocycles. The van der Waals surface area contributed by atoms with Crippen LogP contribution in [-0.2, 0) is 6.54 Å². The van der Waals surface area contributed by atoms with Crippen molar-refractivity contribution in [3.05, 3.63) is 72.6 Å². The van der Waals surface area contributed by atoms with Gasteiger partial charge in [-0.3, -0.25) is 4.90 Å². The molecule has 0 aliphatic carbocycles. The maximum Gasteiger partial charge on any atom is 0.314 e. The number of primary amides is 1. The van der Waals surface area contributed by atoms with Crippen molar-refractivity contribution in [1.82, 2.24) is 30.0 Å². The number of carbonyl (C=O) groups excluding carboxylic acids is 1. The maximum absolute atomic E-state index is 11.4. The minimum absolute atomic E-state index is 0.179.